The van der Waals surface area contributed by atoms with Crippen LogP contribution in [0.15, 0.2) is 60.4 Å². The highest BCUT2D eigenvalue weighted by atomic mass is 16.5. The van der Waals surface area contributed by atoms with Crippen LogP contribution in [0.4, 0.5) is 0 Å². The minimum Gasteiger partial charge on any atom is -0.508 e. The van der Waals surface area contributed by atoms with Crippen LogP contribution in [0.3, 0.4) is 0 Å². The minimum absolute atomic E-state index is 0.0934. The maximum atomic E-state index is 11.6. The fraction of sp³-hybridized carbons (Fsp3) is 0.278. The van der Waals surface area contributed by atoms with Crippen LogP contribution in [-0.4, -0.2) is 22.8 Å². The number of esters is 1. The highest BCUT2D eigenvalue weighted by molar-refractivity contribution is 5.69. The van der Waals surface area contributed by atoms with E-state index in [2.05, 4.69) is 6.58 Å². The Hall–Kier alpha value is -2.49. The Bertz CT molecular complexity index is 553. The predicted molar refractivity (Wildman–Crippen MR) is 86.7 cm³/mol. The standard InChI is InChI=1S/C18H22O4/c1-3-16(19)8-4-14(2)5-11-18(21)22-13-12-15-6-9-17(20)10-7-15/h3-4,6-10,19-20H,1,5,11-13H2,2H3/b14-4+,16-8+. The summed E-state index contributed by atoms with van der Waals surface area (Å²) in [6.07, 6.45) is 6.15. The van der Waals surface area contributed by atoms with Crippen molar-refractivity contribution >= 4 is 5.97 Å². The molecule has 0 spiro atoms. The quantitative estimate of drug-likeness (QED) is 0.435. The topological polar surface area (TPSA) is 66.8 Å². The normalized spacial score (nSPS) is 12.0. The van der Waals surface area contributed by atoms with Crippen LogP contribution in [0.2, 0.25) is 0 Å². The number of benzene rings is 1. The van der Waals surface area contributed by atoms with Crippen molar-refractivity contribution < 1.29 is 19.7 Å². The van der Waals surface area contributed by atoms with Gasteiger partial charge in [-0.3, -0.25) is 4.79 Å². The Morgan fingerprint density at radius 2 is 1.91 bits per heavy atom. The lowest BCUT2D eigenvalue weighted by Crippen LogP contribution is -2.07. The highest BCUT2D eigenvalue weighted by Crippen LogP contribution is 2.10. The maximum Gasteiger partial charge on any atom is 0.306 e. The first-order valence-electron chi connectivity index (χ1n) is 7.13. The van der Waals surface area contributed by atoms with Crippen LogP contribution in [0.25, 0.3) is 0 Å². The van der Waals surface area contributed by atoms with E-state index in [0.29, 0.717) is 25.9 Å². The average Bonchev–Trinajstić information content (AvgIpc) is 2.52. The summed E-state index contributed by atoms with van der Waals surface area (Å²) in [5, 5.41) is 18.4. The molecule has 0 saturated carbocycles. The van der Waals surface area contributed by atoms with Crippen LogP contribution >= 0.6 is 0 Å². The summed E-state index contributed by atoms with van der Waals surface area (Å²) in [4.78, 5) is 11.6. The van der Waals surface area contributed by atoms with Crippen molar-refractivity contribution in [1.82, 2.24) is 0 Å². The van der Waals surface area contributed by atoms with Crippen LogP contribution < -0.4 is 0 Å². The summed E-state index contributed by atoms with van der Waals surface area (Å²) in [7, 11) is 0. The Kier molecular flexibility index (Phi) is 7.54. The Labute approximate surface area is 131 Å². The van der Waals surface area contributed by atoms with Crippen molar-refractivity contribution in [3.05, 3.63) is 66.0 Å². The van der Waals surface area contributed by atoms with Gasteiger partial charge in [0.25, 0.3) is 0 Å². The molecule has 0 aromatic heterocycles. The van der Waals surface area contributed by atoms with Crippen molar-refractivity contribution in [1.29, 1.82) is 0 Å². The molecular weight excluding hydrogens is 280 g/mol. The Morgan fingerprint density at radius 3 is 2.55 bits per heavy atom. The van der Waals surface area contributed by atoms with Gasteiger partial charge in [-0.1, -0.05) is 30.4 Å². The second-order valence-corrected chi connectivity index (χ2v) is 4.95. The number of phenols is 1. The number of hydrogen-bond donors (Lipinski definition) is 2. The zero-order chi connectivity index (χ0) is 16.4. The molecule has 4 nitrogen and oxygen atoms in total. The third-order valence-corrected chi connectivity index (χ3v) is 3.06. The minimum atomic E-state index is -0.247. The van der Waals surface area contributed by atoms with Gasteiger partial charge in [-0.25, -0.2) is 0 Å². The molecule has 0 amide bonds. The van der Waals surface area contributed by atoms with Gasteiger partial charge in [-0.15, -0.1) is 0 Å². The summed E-state index contributed by atoms with van der Waals surface area (Å²) < 4.78 is 5.16. The van der Waals surface area contributed by atoms with Gasteiger partial charge in [0.1, 0.15) is 11.5 Å². The summed E-state index contributed by atoms with van der Waals surface area (Å²) in [6.45, 7) is 5.65. The first kappa shape index (κ1) is 17.6. The summed E-state index contributed by atoms with van der Waals surface area (Å²) >= 11 is 0. The molecule has 0 fully saturated rings. The second kappa shape index (κ2) is 9.45. The Morgan fingerprint density at radius 1 is 1.23 bits per heavy atom. The molecule has 1 aromatic carbocycles. The Balaban J connectivity index is 2.26. The zero-order valence-electron chi connectivity index (χ0n) is 12.8. The molecule has 4 heteroatoms. The number of ether oxygens (including phenoxy) is 1. The highest BCUT2D eigenvalue weighted by Gasteiger charge is 2.03. The molecule has 2 N–H and O–H groups in total. The van der Waals surface area contributed by atoms with Crippen molar-refractivity contribution in [2.45, 2.75) is 26.2 Å². The van der Waals surface area contributed by atoms with Crippen molar-refractivity contribution in [3.63, 3.8) is 0 Å². The summed E-state index contributed by atoms with van der Waals surface area (Å²) in [5.74, 6) is 0.0684. The van der Waals surface area contributed by atoms with Gasteiger partial charge in [0.2, 0.25) is 0 Å². The monoisotopic (exact) mass is 302 g/mol. The van der Waals surface area contributed by atoms with E-state index in [1.807, 2.05) is 6.92 Å². The van der Waals surface area contributed by atoms with Crippen LogP contribution in [0.5, 0.6) is 5.75 Å². The SMILES string of the molecule is C=C/C(O)=C\C=C(/C)CCC(=O)OCCc1ccc(O)cc1. The van der Waals surface area contributed by atoms with E-state index in [0.717, 1.165) is 11.1 Å². The smallest absolute Gasteiger partial charge is 0.306 e. The lowest BCUT2D eigenvalue weighted by Gasteiger charge is -2.05. The summed E-state index contributed by atoms with van der Waals surface area (Å²) in [5.41, 5.74) is 1.98. The molecular formula is C18H22O4. The van der Waals surface area contributed by atoms with Crippen LogP contribution in [0.1, 0.15) is 25.3 Å². The largest absolute Gasteiger partial charge is 0.508 e. The first-order valence-corrected chi connectivity index (χ1v) is 7.13. The number of carbonyl (C=O) groups is 1. The molecule has 0 aliphatic carbocycles. The summed E-state index contributed by atoms with van der Waals surface area (Å²) in [6, 6.07) is 6.82. The lowest BCUT2D eigenvalue weighted by molar-refractivity contribution is -0.143. The predicted octanol–water partition coefficient (Wildman–Crippen LogP) is 3.83. The molecule has 118 valence electrons. The zero-order valence-corrected chi connectivity index (χ0v) is 12.8. The van der Waals surface area contributed by atoms with E-state index in [-0.39, 0.29) is 17.5 Å². The molecule has 0 heterocycles. The first-order chi connectivity index (χ1) is 10.5. The average molecular weight is 302 g/mol. The molecule has 1 aromatic rings. The molecule has 0 aliphatic heterocycles. The third kappa shape index (κ3) is 7.33. The van der Waals surface area contributed by atoms with Gasteiger partial charge in [0.15, 0.2) is 0 Å². The van der Waals surface area contributed by atoms with E-state index in [9.17, 15) is 15.0 Å². The van der Waals surface area contributed by atoms with Gasteiger partial charge in [-0.2, -0.15) is 0 Å². The van der Waals surface area contributed by atoms with E-state index >= 15 is 0 Å². The van der Waals surface area contributed by atoms with E-state index in [1.54, 1.807) is 36.4 Å². The maximum absolute atomic E-state index is 11.6. The van der Waals surface area contributed by atoms with Crippen molar-refractivity contribution in [2.75, 3.05) is 6.61 Å². The van der Waals surface area contributed by atoms with Crippen LogP contribution in [-0.2, 0) is 16.0 Å². The lowest BCUT2D eigenvalue weighted by atomic mass is 10.1. The fourth-order valence-electron chi connectivity index (χ4n) is 1.70. The fourth-order valence-corrected chi connectivity index (χ4v) is 1.70. The van der Waals surface area contributed by atoms with Crippen molar-refractivity contribution in [3.8, 4) is 5.75 Å². The third-order valence-electron chi connectivity index (χ3n) is 3.06. The van der Waals surface area contributed by atoms with Gasteiger partial charge in [0.05, 0.1) is 6.61 Å². The molecule has 0 unspecified atom stereocenters. The molecule has 0 saturated heterocycles. The number of hydrogen-bond acceptors (Lipinski definition) is 4. The van der Waals surface area contributed by atoms with Crippen LogP contribution in [0, 0.1) is 0 Å². The van der Waals surface area contributed by atoms with Gasteiger partial charge in [0, 0.05) is 12.8 Å². The molecule has 0 bridgehead atoms. The van der Waals surface area contributed by atoms with Gasteiger partial charge in [-0.05, 0) is 43.2 Å². The number of aromatic hydroxyl groups is 1. The number of rotatable bonds is 8. The molecule has 0 aliphatic rings. The van der Waals surface area contributed by atoms with E-state index in [4.69, 9.17) is 4.74 Å². The second-order valence-electron chi connectivity index (χ2n) is 4.95. The number of aliphatic hydroxyl groups is 1. The van der Waals surface area contributed by atoms with Gasteiger partial charge >= 0.3 is 5.97 Å². The van der Waals surface area contributed by atoms with E-state index in [1.165, 1.54) is 6.08 Å². The molecule has 1 rings (SSSR count). The number of phenolic OH excluding ortho intramolecular Hbond substituents is 1. The number of carbonyl (C=O) groups excluding carboxylic acids is 1. The van der Waals surface area contributed by atoms with Gasteiger partial charge < -0.3 is 14.9 Å². The molecule has 22 heavy (non-hydrogen) atoms. The number of allylic oxidation sites excluding steroid dienone is 4. The molecule has 0 radical (unpaired) electrons. The van der Waals surface area contributed by atoms with Crippen molar-refractivity contribution in [2.24, 2.45) is 0 Å². The van der Waals surface area contributed by atoms with E-state index < -0.39 is 0 Å². The number of aliphatic hydroxyl groups excluding tert-OH is 1. The molecule has 0 atom stereocenters.